The smallest absolute Gasteiger partial charge is 0.146 e. The van der Waals surface area contributed by atoms with Gasteiger partial charge in [-0.15, -0.1) is 0 Å². The van der Waals surface area contributed by atoms with E-state index in [0.717, 1.165) is 60.7 Å². The Bertz CT molecular complexity index is 1800. The number of allylic oxidation sites excluding steroid dienone is 9. The first-order valence-corrected chi connectivity index (χ1v) is 21.7. The summed E-state index contributed by atoms with van der Waals surface area (Å²) in [6.07, 6.45) is 19.4. The van der Waals surface area contributed by atoms with Crippen LogP contribution in [0.2, 0.25) is 0 Å². The number of carbonyl (C=O) groups excluding carboxylic acids is 1. The van der Waals surface area contributed by atoms with Crippen LogP contribution in [0.4, 0.5) is 0 Å². The van der Waals surface area contributed by atoms with Gasteiger partial charge in [0, 0.05) is 42.6 Å². The summed E-state index contributed by atoms with van der Waals surface area (Å²) in [5.41, 5.74) is 3.74. The molecule has 9 heteroatoms. The largest absolute Gasteiger partial charge is 0.396 e. The van der Waals surface area contributed by atoms with Crippen LogP contribution in [0.3, 0.4) is 0 Å². The summed E-state index contributed by atoms with van der Waals surface area (Å²) >= 11 is 0. The molecule has 5 aliphatic rings. The lowest BCUT2D eigenvalue weighted by atomic mass is 9.40. The zero-order valence-corrected chi connectivity index (χ0v) is 35.4. The molecule has 7 N–H and O–H groups in total. The second-order valence-electron chi connectivity index (χ2n) is 18.5. The minimum absolute atomic E-state index is 0.0309. The summed E-state index contributed by atoms with van der Waals surface area (Å²) in [5, 5.41) is 65.0. The molecule has 1 aromatic carbocycles. The summed E-state index contributed by atoms with van der Waals surface area (Å²) in [5.74, 6) is -0.788. The molecule has 10 atom stereocenters. The third-order valence-electron chi connectivity index (χ3n) is 14.9. The molecule has 0 aromatic heterocycles. The number of carbonyl (C=O) groups is 1. The minimum atomic E-state index is -1.24. The highest BCUT2D eigenvalue weighted by molar-refractivity contribution is 5.76. The maximum absolute atomic E-state index is 13.1. The molecule has 2 saturated carbocycles. The van der Waals surface area contributed by atoms with Crippen molar-refractivity contribution in [3.05, 3.63) is 106 Å². The Morgan fingerprint density at radius 2 is 1.95 bits per heavy atom. The lowest BCUT2D eigenvalue weighted by molar-refractivity contribution is -0.207. The first kappa shape index (κ1) is 44.6. The number of nitrogens with one attached hydrogen (secondary N) is 2. The van der Waals surface area contributed by atoms with Gasteiger partial charge in [0.1, 0.15) is 12.5 Å². The Morgan fingerprint density at radius 1 is 1.16 bits per heavy atom. The highest BCUT2D eigenvalue weighted by Gasteiger charge is 2.71. The molecular formula is C49H70N2O7. The third kappa shape index (κ3) is 8.62. The van der Waals surface area contributed by atoms with E-state index in [1.165, 1.54) is 11.1 Å². The first-order valence-electron chi connectivity index (χ1n) is 21.7. The number of benzene rings is 1. The van der Waals surface area contributed by atoms with Gasteiger partial charge in [0.05, 0.1) is 18.3 Å². The zero-order valence-electron chi connectivity index (χ0n) is 35.4. The van der Waals surface area contributed by atoms with Crippen molar-refractivity contribution in [3.63, 3.8) is 0 Å². The highest BCUT2D eigenvalue weighted by atomic mass is 16.5. The Morgan fingerprint density at radius 3 is 2.67 bits per heavy atom. The van der Waals surface area contributed by atoms with Crippen molar-refractivity contribution < 1.29 is 35.1 Å². The minimum Gasteiger partial charge on any atom is -0.396 e. The molecule has 0 saturated heterocycles. The summed E-state index contributed by atoms with van der Waals surface area (Å²) in [4.78, 5) is 12.7. The maximum Gasteiger partial charge on any atom is 0.146 e. The van der Waals surface area contributed by atoms with Gasteiger partial charge < -0.3 is 35.6 Å². The number of aldehydes is 1. The Kier molecular flexibility index (Phi) is 14.4. The quantitative estimate of drug-likeness (QED) is 0.0702. The molecule has 0 amide bonds. The van der Waals surface area contributed by atoms with Crippen LogP contribution < -0.4 is 10.6 Å². The fraction of sp³-hybridized carbons (Fsp3) is 0.612. The number of aliphatic hydroxyl groups excluding tert-OH is 4. The molecule has 1 heterocycles. The number of rotatable bonds is 14. The predicted octanol–water partition coefficient (Wildman–Crippen LogP) is 5.82. The van der Waals surface area contributed by atoms with E-state index in [4.69, 9.17) is 4.74 Å². The van der Waals surface area contributed by atoms with Crippen LogP contribution in [0, 0.1) is 34.5 Å². The summed E-state index contributed by atoms with van der Waals surface area (Å²) in [6.45, 7) is 9.48. The first-order chi connectivity index (χ1) is 27.8. The number of fused-ring (bicyclic) bond motifs is 3. The topological polar surface area (TPSA) is 152 Å². The molecular weight excluding hydrogens is 729 g/mol. The van der Waals surface area contributed by atoms with Crippen molar-refractivity contribution in [3.8, 4) is 0 Å². The number of hydrogen-bond donors (Lipinski definition) is 7. The summed E-state index contributed by atoms with van der Waals surface area (Å²) in [6, 6.07) is 8.65. The molecule has 58 heavy (non-hydrogen) atoms. The summed E-state index contributed by atoms with van der Waals surface area (Å²) < 4.78 is 5.41. The molecule has 1 spiro atoms. The molecule has 1 aromatic rings. The van der Waals surface area contributed by atoms with Gasteiger partial charge in [-0.05, 0) is 156 Å². The number of hydrogen-bond acceptors (Lipinski definition) is 9. The van der Waals surface area contributed by atoms with Crippen LogP contribution in [0.15, 0.2) is 95.2 Å². The van der Waals surface area contributed by atoms with Gasteiger partial charge in [-0.2, -0.15) is 0 Å². The van der Waals surface area contributed by atoms with E-state index in [1.54, 1.807) is 7.11 Å². The van der Waals surface area contributed by atoms with Crippen molar-refractivity contribution >= 4 is 6.29 Å². The molecule has 0 unspecified atom stereocenters. The Labute approximate surface area is 346 Å². The average molecular weight is 799 g/mol. The predicted molar refractivity (Wildman–Crippen MR) is 230 cm³/mol. The highest BCUT2D eigenvalue weighted by Crippen LogP contribution is 2.72. The van der Waals surface area contributed by atoms with Crippen LogP contribution in [-0.4, -0.2) is 95.8 Å². The average Bonchev–Trinajstić information content (AvgIpc) is 3.55. The SMILES string of the molecule is C=C(C=CC=C(CO)[C@H]1CC[C@]2([C@@H]1O)[C@@H]1C3=C(C=O)CCC[C@]3(C=C[C@@H]1CCO)C[C@]2(O)CCNC)[C@H]1CC=C(C)[C@@H](O)N[C@@](C)(CCOC)Cc2cccc(c2)C1. The van der Waals surface area contributed by atoms with Crippen LogP contribution in [0.25, 0.3) is 0 Å². The van der Waals surface area contributed by atoms with Gasteiger partial charge in [0.25, 0.3) is 0 Å². The molecule has 2 fully saturated rings. The van der Waals surface area contributed by atoms with Crippen molar-refractivity contribution in [2.24, 2.45) is 34.5 Å². The maximum atomic E-state index is 13.1. The van der Waals surface area contributed by atoms with Crippen LogP contribution >= 0.6 is 0 Å². The van der Waals surface area contributed by atoms with Gasteiger partial charge in [0.15, 0.2) is 0 Å². The van der Waals surface area contributed by atoms with E-state index in [0.29, 0.717) is 63.7 Å². The lowest BCUT2D eigenvalue weighted by Gasteiger charge is -2.66. The van der Waals surface area contributed by atoms with Gasteiger partial charge in [-0.3, -0.25) is 10.1 Å². The van der Waals surface area contributed by atoms with Crippen LogP contribution in [0.1, 0.15) is 89.2 Å². The Hall–Kier alpha value is -2.99. The van der Waals surface area contributed by atoms with Crippen LogP contribution in [-0.2, 0) is 22.4 Å². The number of aliphatic hydroxyl groups is 5. The fourth-order valence-corrected chi connectivity index (χ4v) is 12.0. The van der Waals surface area contributed by atoms with Gasteiger partial charge in [0.2, 0.25) is 0 Å². The summed E-state index contributed by atoms with van der Waals surface area (Å²) in [7, 11) is 3.58. The van der Waals surface area contributed by atoms with Gasteiger partial charge >= 0.3 is 0 Å². The van der Waals surface area contributed by atoms with E-state index < -0.39 is 34.7 Å². The van der Waals surface area contributed by atoms with E-state index >= 15 is 0 Å². The van der Waals surface area contributed by atoms with Gasteiger partial charge in [-0.25, -0.2) is 0 Å². The Balaban J connectivity index is 1.29. The molecule has 4 aliphatic carbocycles. The number of methoxy groups -OCH3 is 1. The van der Waals surface area contributed by atoms with Crippen molar-refractivity contribution in [2.45, 2.75) is 114 Å². The fourth-order valence-electron chi connectivity index (χ4n) is 12.0. The third-order valence-corrected chi connectivity index (χ3v) is 14.9. The normalized spacial score (nSPS) is 36.7. The van der Waals surface area contributed by atoms with Crippen molar-refractivity contribution in [2.75, 3.05) is 40.5 Å². The molecule has 9 nitrogen and oxygen atoms in total. The van der Waals surface area contributed by atoms with Crippen molar-refractivity contribution in [1.82, 2.24) is 10.6 Å². The molecule has 1 aliphatic heterocycles. The lowest BCUT2D eigenvalue weighted by Crippen LogP contribution is -2.67. The van der Waals surface area contributed by atoms with E-state index in [2.05, 4.69) is 66.6 Å². The molecule has 318 valence electrons. The molecule has 6 rings (SSSR count). The van der Waals surface area contributed by atoms with E-state index in [-0.39, 0.29) is 36.5 Å². The molecule has 0 radical (unpaired) electrons. The number of ether oxygens (including phenoxy) is 1. The standard InChI is InChI=1S/C49H70N2O7/c1-33(38-15-14-34(2)45(56)51-46(3,23-26-58-5)29-36-11-7-10-35(27-36)28-38)9-6-12-39(30-53)41-17-21-49(44(41)55)43-37(18-25-52)16-20-47(32-48(49,57)22-24-50-4)19-8-13-40(31-54)42(43)47/h6-7,9-12,14,16,20,27,31,37-38,41,43-45,50-53,55-57H,1,8,13,15,17-19,21-26,28-30,32H2,2-5H3/t37-,38+,41-,43+,44-,45-,46+,47+,48-,49-/m1/s1. The second kappa shape index (κ2) is 18.7. The van der Waals surface area contributed by atoms with E-state index in [1.807, 2.05) is 32.2 Å². The monoisotopic (exact) mass is 799 g/mol. The van der Waals surface area contributed by atoms with Crippen LogP contribution in [0.5, 0.6) is 0 Å². The van der Waals surface area contributed by atoms with Crippen molar-refractivity contribution in [1.29, 1.82) is 0 Å². The van der Waals surface area contributed by atoms with E-state index in [9.17, 15) is 30.3 Å². The molecule has 4 bridgehead atoms. The zero-order chi connectivity index (χ0) is 41.7. The second-order valence-corrected chi connectivity index (χ2v) is 18.5. The van der Waals surface area contributed by atoms with Gasteiger partial charge in [-0.1, -0.05) is 72.9 Å².